The second kappa shape index (κ2) is 5.05. The van der Waals surface area contributed by atoms with Crippen molar-refractivity contribution in [3.63, 3.8) is 0 Å². The molecule has 0 aromatic carbocycles. The van der Waals surface area contributed by atoms with Crippen molar-refractivity contribution in [2.24, 2.45) is 11.1 Å². The predicted octanol–water partition coefficient (Wildman–Crippen LogP) is 2.08. The summed E-state index contributed by atoms with van der Waals surface area (Å²) in [6, 6.07) is 0. The third kappa shape index (κ3) is 4.73. The summed E-state index contributed by atoms with van der Waals surface area (Å²) in [4.78, 5) is 6.75. The number of rotatable bonds is 4. The Hall–Kier alpha value is -0.450. The molecule has 3 nitrogen and oxygen atoms in total. The molecule has 0 aliphatic heterocycles. The molecular formula is C11H21N3S. The number of aromatic nitrogens is 1. The average molecular weight is 227 g/mol. The van der Waals surface area contributed by atoms with Gasteiger partial charge < -0.3 is 5.73 Å². The van der Waals surface area contributed by atoms with Gasteiger partial charge in [-0.25, -0.2) is 4.98 Å². The molecule has 1 aromatic rings. The molecule has 0 saturated heterocycles. The van der Waals surface area contributed by atoms with Gasteiger partial charge in [-0.05, 0) is 12.5 Å². The minimum atomic E-state index is 0.335. The van der Waals surface area contributed by atoms with Crippen LogP contribution in [0.5, 0.6) is 0 Å². The van der Waals surface area contributed by atoms with Crippen LogP contribution in [-0.2, 0) is 13.1 Å². The van der Waals surface area contributed by atoms with Gasteiger partial charge in [0.2, 0.25) is 0 Å². The van der Waals surface area contributed by atoms with E-state index in [0.29, 0.717) is 12.0 Å². The lowest BCUT2D eigenvalue weighted by atomic mass is 9.96. The topological polar surface area (TPSA) is 42.1 Å². The van der Waals surface area contributed by atoms with Crippen LogP contribution >= 0.6 is 11.3 Å². The van der Waals surface area contributed by atoms with E-state index in [9.17, 15) is 0 Å². The summed E-state index contributed by atoms with van der Waals surface area (Å²) < 4.78 is 0. The minimum absolute atomic E-state index is 0.335. The standard InChI is InChI=1S/C11H21N3S/c1-11(2,3)8-14(4)6-9-7-15-10(5-12)13-9/h7H,5-6,8,12H2,1-4H3. The molecule has 1 rings (SSSR count). The van der Waals surface area contributed by atoms with Crippen molar-refractivity contribution in [2.75, 3.05) is 13.6 Å². The van der Waals surface area contributed by atoms with E-state index in [4.69, 9.17) is 5.73 Å². The van der Waals surface area contributed by atoms with Crippen LogP contribution in [0.1, 0.15) is 31.5 Å². The first-order valence-corrected chi connectivity index (χ1v) is 6.10. The van der Waals surface area contributed by atoms with Crippen LogP contribution in [0.15, 0.2) is 5.38 Å². The van der Waals surface area contributed by atoms with Crippen molar-refractivity contribution < 1.29 is 0 Å². The lowest BCUT2D eigenvalue weighted by molar-refractivity contribution is 0.219. The number of hydrogen-bond acceptors (Lipinski definition) is 4. The molecule has 0 atom stereocenters. The summed E-state index contributed by atoms with van der Waals surface area (Å²) >= 11 is 1.65. The van der Waals surface area contributed by atoms with E-state index < -0.39 is 0 Å². The molecule has 0 aliphatic rings. The predicted molar refractivity (Wildman–Crippen MR) is 65.8 cm³/mol. The molecule has 0 fully saturated rings. The second-order valence-electron chi connectivity index (χ2n) is 5.17. The number of hydrogen-bond donors (Lipinski definition) is 1. The van der Waals surface area contributed by atoms with Crippen LogP contribution in [0.25, 0.3) is 0 Å². The fourth-order valence-corrected chi connectivity index (χ4v) is 2.32. The van der Waals surface area contributed by atoms with Crippen molar-refractivity contribution in [1.29, 1.82) is 0 Å². The van der Waals surface area contributed by atoms with Crippen LogP contribution in [0.3, 0.4) is 0 Å². The maximum atomic E-state index is 5.53. The smallest absolute Gasteiger partial charge is 0.106 e. The third-order valence-electron chi connectivity index (χ3n) is 1.95. The van der Waals surface area contributed by atoms with Crippen LogP contribution < -0.4 is 5.73 Å². The van der Waals surface area contributed by atoms with Crippen molar-refractivity contribution in [3.8, 4) is 0 Å². The van der Waals surface area contributed by atoms with Crippen LogP contribution in [0.4, 0.5) is 0 Å². The summed E-state index contributed by atoms with van der Waals surface area (Å²) in [6.07, 6.45) is 0. The molecule has 1 aromatic heterocycles. The molecule has 2 N–H and O–H groups in total. The Bertz CT molecular complexity index is 301. The van der Waals surface area contributed by atoms with Crippen LogP contribution in [-0.4, -0.2) is 23.5 Å². The molecule has 0 saturated carbocycles. The lowest BCUT2D eigenvalue weighted by Crippen LogP contribution is -2.28. The summed E-state index contributed by atoms with van der Waals surface area (Å²) in [7, 11) is 2.13. The fraction of sp³-hybridized carbons (Fsp3) is 0.727. The van der Waals surface area contributed by atoms with Crippen LogP contribution in [0.2, 0.25) is 0 Å². The Morgan fingerprint density at radius 1 is 1.47 bits per heavy atom. The zero-order chi connectivity index (χ0) is 11.5. The van der Waals surface area contributed by atoms with E-state index in [-0.39, 0.29) is 0 Å². The number of nitrogens with zero attached hydrogens (tertiary/aromatic N) is 2. The van der Waals surface area contributed by atoms with Gasteiger partial charge in [0.05, 0.1) is 5.69 Å². The van der Waals surface area contributed by atoms with E-state index in [0.717, 1.165) is 23.8 Å². The normalized spacial score (nSPS) is 12.4. The van der Waals surface area contributed by atoms with Gasteiger partial charge in [-0.1, -0.05) is 20.8 Å². The molecule has 0 bridgehead atoms. The highest BCUT2D eigenvalue weighted by molar-refractivity contribution is 7.09. The monoisotopic (exact) mass is 227 g/mol. The first-order chi connectivity index (χ1) is 6.90. The second-order valence-corrected chi connectivity index (χ2v) is 6.11. The van der Waals surface area contributed by atoms with Gasteiger partial charge in [-0.2, -0.15) is 0 Å². The molecule has 1 heterocycles. The largest absolute Gasteiger partial charge is 0.325 e. The summed E-state index contributed by atoms with van der Waals surface area (Å²) in [5, 5.41) is 3.12. The SMILES string of the molecule is CN(Cc1csc(CN)n1)CC(C)(C)C. The van der Waals surface area contributed by atoms with Gasteiger partial charge in [0, 0.05) is 25.0 Å². The van der Waals surface area contributed by atoms with Crippen molar-refractivity contribution in [3.05, 3.63) is 16.1 Å². The maximum Gasteiger partial charge on any atom is 0.106 e. The van der Waals surface area contributed by atoms with Gasteiger partial charge in [0.25, 0.3) is 0 Å². The first kappa shape index (κ1) is 12.6. The van der Waals surface area contributed by atoms with E-state index in [2.05, 4.69) is 43.1 Å². The number of nitrogens with two attached hydrogens (primary N) is 1. The molecule has 4 heteroatoms. The van der Waals surface area contributed by atoms with Crippen molar-refractivity contribution in [2.45, 2.75) is 33.9 Å². The van der Waals surface area contributed by atoms with Gasteiger partial charge in [0.15, 0.2) is 0 Å². The van der Waals surface area contributed by atoms with Gasteiger partial charge in [-0.3, -0.25) is 4.90 Å². The highest BCUT2D eigenvalue weighted by Crippen LogP contribution is 2.16. The van der Waals surface area contributed by atoms with E-state index in [1.54, 1.807) is 11.3 Å². The highest BCUT2D eigenvalue weighted by Gasteiger charge is 2.14. The molecule has 15 heavy (non-hydrogen) atoms. The number of thiazole rings is 1. The molecule has 0 aliphatic carbocycles. The Kier molecular flexibility index (Phi) is 4.25. The Labute approximate surface area is 96.3 Å². The van der Waals surface area contributed by atoms with Crippen LogP contribution in [0, 0.1) is 5.41 Å². The Morgan fingerprint density at radius 2 is 2.13 bits per heavy atom. The summed E-state index contributed by atoms with van der Waals surface area (Å²) in [5.41, 5.74) is 7.00. The maximum absolute atomic E-state index is 5.53. The quantitative estimate of drug-likeness (QED) is 0.856. The zero-order valence-corrected chi connectivity index (χ0v) is 10.9. The zero-order valence-electron chi connectivity index (χ0n) is 10.1. The summed E-state index contributed by atoms with van der Waals surface area (Å²) in [6.45, 7) is 9.27. The van der Waals surface area contributed by atoms with E-state index in [1.807, 2.05) is 0 Å². The van der Waals surface area contributed by atoms with E-state index >= 15 is 0 Å². The van der Waals surface area contributed by atoms with E-state index in [1.165, 1.54) is 0 Å². The Morgan fingerprint density at radius 3 is 2.60 bits per heavy atom. The molecule has 0 amide bonds. The molecule has 86 valence electrons. The molecule has 0 radical (unpaired) electrons. The Balaban J connectivity index is 2.47. The van der Waals surface area contributed by atoms with Gasteiger partial charge in [0.1, 0.15) is 5.01 Å². The van der Waals surface area contributed by atoms with Crippen molar-refractivity contribution in [1.82, 2.24) is 9.88 Å². The summed E-state index contributed by atoms with van der Waals surface area (Å²) in [5.74, 6) is 0. The average Bonchev–Trinajstić information content (AvgIpc) is 2.48. The molecule has 0 spiro atoms. The van der Waals surface area contributed by atoms with Gasteiger partial charge >= 0.3 is 0 Å². The van der Waals surface area contributed by atoms with Gasteiger partial charge in [-0.15, -0.1) is 11.3 Å². The highest BCUT2D eigenvalue weighted by atomic mass is 32.1. The van der Waals surface area contributed by atoms with Crippen molar-refractivity contribution >= 4 is 11.3 Å². The molecular weight excluding hydrogens is 206 g/mol. The lowest BCUT2D eigenvalue weighted by Gasteiger charge is -2.25. The fourth-order valence-electron chi connectivity index (χ4n) is 1.66. The first-order valence-electron chi connectivity index (χ1n) is 5.22. The minimum Gasteiger partial charge on any atom is -0.325 e. The molecule has 0 unspecified atom stereocenters. The third-order valence-corrected chi connectivity index (χ3v) is 2.87.